The van der Waals surface area contributed by atoms with Crippen LogP contribution in [0.2, 0.25) is 0 Å². The predicted molar refractivity (Wildman–Crippen MR) is 66.4 cm³/mol. The summed E-state index contributed by atoms with van der Waals surface area (Å²) in [4.78, 5) is 8.94. The third-order valence-corrected chi connectivity index (χ3v) is 5.97. The van der Waals surface area contributed by atoms with Gasteiger partial charge in [0.15, 0.2) is 0 Å². The first-order valence-electron chi connectivity index (χ1n) is 5.95. The second kappa shape index (κ2) is 4.68. The van der Waals surface area contributed by atoms with Gasteiger partial charge in [0.05, 0.1) is 4.90 Å². The van der Waals surface area contributed by atoms with E-state index < -0.39 is 19.6 Å². The van der Waals surface area contributed by atoms with Crippen molar-refractivity contribution in [1.29, 1.82) is 0 Å². The summed E-state index contributed by atoms with van der Waals surface area (Å²) >= 11 is 0. The van der Waals surface area contributed by atoms with Crippen LogP contribution in [-0.2, 0) is 9.84 Å². The summed E-state index contributed by atoms with van der Waals surface area (Å²) in [6.45, 7) is 0. The van der Waals surface area contributed by atoms with E-state index in [1.54, 1.807) is 18.2 Å². The lowest BCUT2D eigenvalue weighted by atomic mass is 9.95. The summed E-state index contributed by atoms with van der Waals surface area (Å²) < 4.78 is 25.0. The lowest BCUT2D eigenvalue weighted by molar-refractivity contribution is -0.545. The monoisotopic (exact) mass is 269 g/mol. The van der Waals surface area contributed by atoms with Crippen molar-refractivity contribution in [2.24, 2.45) is 0 Å². The fourth-order valence-corrected chi connectivity index (χ4v) is 4.45. The van der Waals surface area contributed by atoms with E-state index in [4.69, 9.17) is 0 Å². The van der Waals surface area contributed by atoms with Gasteiger partial charge in [-0.1, -0.05) is 24.6 Å². The largest absolute Gasteiger partial charge is 0.323 e. The molecule has 0 unspecified atom stereocenters. The van der Waals surface area contributed by atoms with Gasteiger partial charge in [0.2, 0.25) is 9.84 Å². The molecule has 0 bridgehead atoms. The van der Waals surface area contributed by atoms with Gasteiger partial charge in [0.1, 0.15) is 0 Å². The molecule has 0 spiro atoms. The second-order valence-corrected chi connectivity index (χ2v) is 6.82. The normalized spacial score (nSPS) is 19.3. The molecule has 0 saturated heterocycles. The minimum atomic E-state index is -3.92. The molecule has 0 aliphatic heterocycles. The molecular formula is C12H15NO4S. The Bertz CT molecular complexity index is 532. The Morgan fingerprint density at radius 3 is 2.11 bits per heavy atom. The van der Waals surface area contributed by atoms with Gasteiger partial charge in [-0.2, -0.15) is 0 Å². The Balaban J connectivity index is 2.52. The van der Waals surface area contributed by atoms with Gasteiger partial charge in [0, 0.05) is 17.8 Å². The van der Waals surface area contributed by atoms with E-state index in [2.05, 4.69) is 0 Å². The average molecular weight is 269 g/mol. The number of nitro groups is 1. The van der Waals surface area contributed by atoms with Crippen molar-refractivity contribution in [1.82, 2.24) is 0 Å². The molecule has 1 fully saturated rings. The molecule has 0 heterocycles. The van der Waals surface area contributed by atoms with Crippen LogP contribution in [-0.4, -0.2) is 18.2 Å². The Labute approximate surface area is 106 Å². The number of hydrogen-bond acceptors (Lipinski definition) is 4. The van der Waals surface area contributed by atoms with E-state index in [0.717, 1.165) is 6.42 Å². The van der Waals surface area contributed by atoms with Crippen molar-refractivity contribution in [3.63, 3.8) is 0 Å². The number of benzene rings is 1. The highest BCUT2D eigenvalue weighted by molar-refractivity contribution is 7.92. The van der Waals surface area contributed by atoms with Gasteiger partial charge in [-0.05, 0) is 25.0 Å². The number of rotatable bonds is 3. The molecule has 6 heteroatoms. The molecule has 0 amide bonds. The maximum Gasteiger partial charge on any atom is 0.323 e. The molecule has 1 aliphatic rings. The number of hydrogen-bond donors (Lipinski definition) is 0. The Hall–Kier alpha value is -1.43. The van der Waals surface area contributed by atoms with Crippen molar-refractivity contribution in [3.05, 3.63) is 40.4 Å². The van der Waals surface area contributed by atoms with Gasteiger partial charge in [-0.25, -0.2) is 8.42 Å². The maximum atomic E-state index is 12.5. The van der Waals surface area contributed by atoms with Crippen LogP contribution in [0.1, 0.15) is 32.1 Å². The van der Waals surface area contributed by atoms with Crippen molar-refractivity contribution >= 4 is 9.84 Å². The Kier molecular flexibility index (Phi) is 3.38. The van der Waals surface area contributed by atoms with Gasteiger partial charge in [0.25, 0.3) is 0 Å². The lowest BCUT2D eigenvalue weighted by Gasteiger charge is -2.28. The van der Waals surface area contributed by atoms with Crippen LogP contribution >= 0.6 is 0 Å². The lowest BCUT2D eigenvalue weighted by Crippen LogP contribution is -2.47. The molecular weight excluding hydrogens is 254 g/mol. The summed E-state index contributed by atoms with van der Waals surface area (Å²) in [6.07, 6.45) is 2.26. The standard InChI is InChI=1S/C12H15NO4S/c14-13(15)12(9-5-2-6-10-12)18(16,17)11-7-3-1-4-8-11/h1,3-4,7-8H,2,5-6,9-10H2. The van der Waals surface area contributed by atoms with E-state index in [1.807, 2.05) is 0 Å². The summed E-state index contributed by atoms with van der Waals surface area (Å²) in [5, 5.41) is 11.3. The van der Waals surface area contributed by atoms with E-state index >= 15 is 0 Å². The fraction of sp³-hybridized carbons (Fsp3) is 0.500. The van der Waals surface area contributed by atoms with Crippen LogP contribution in [0.5, 0.6) is 0 Å². The molecule has 18 heavy (non-hydrogen) atoms. The van der Waals surface area contributed by atoms with Crippen molar-refractivity contribution in [2.45, 2.75) is 41.9 Å². The van der Waals surface area contributed by atoms with Gasteiger partial charge in [-0.3, -0.25) is 10.1 Å². The zero-order valence-corrected chi connectivity index (χ0v) is 10.7. The average Bonchev–Trinajstić information content (AvgIpc) is 2.40. The number of nitrogens with zero attached hydrogens (tertiary/aromatic N) is 1. The molecule has 5 nitrogen and oxygen atoms in total. The van der Waals surface area contributed by atoms with Crippen LogP contribution < -0.4 is 0 Å². The summed E-state index contributed by atoms with van der Waals surface area (Å²) in [5.41, 5.74) is 0. The number of sulfone groups is 1. The first-order chi connectivity index (χ1) is 8.51. The minimum absolute atomic E-state index is 0.0450. The first-order valence-corrected chi connectivity index (χ1v) is 7.43. The predicted octanol–water partition coefficient (Wildman–Crippen LogP) is 2.40. The molecule has 0 aromatic heterocycles. The van der Waals surface area contributed by atoms with Crippen LogP contribution in [0.25, 0.3) is 0 Å². The highest BCUT2D eigenvalue weighted by Gasteiger charge is 2.56. The third kappa shape index (κ3) is 1.90. The smallest absolute Gasteiger partial charge is 0.263 e. The third-order valence-electron chi connectivity index (χ3n) is 3.52. The van der Waals surface area contributed by atoms with E-state index in [0.29, 0.717) is 12.8 Å². The second-order valence-electron chi connectivity index (χ2n) is 4.58. The summed E-state index contributed by atoms with van der Waals surface area (Å²) in [7, 11) is -3.92. The van der Waals surface area contributed by atoms with Gasteiger partial charge in [-0.15, -0.1) is 0 Å². The zero-order valence-electron chi connectivity index (χ0n) is 9.91. The highest BCUT2D eigenvalue weighted by Crippen LogP contribution is 2.39. The molecule has 1 aromatic rings. The van der Waals surface area contributed by atoms with Crippen LogP contribution in [0.3, 0.4) is 0 Å². The fourth-order valence-electron chi connectivity index (χ4n) is 2.47. The molecule has 0 radical (unpaired) electrons. The van der Waals surface area contributed by atoms with E-state index in [1.165, 1.54) is 12.1 Å². The van der Waals surface area contributed by atoms with E-state index in [9.17, 15) is 18.5 Å². The first kappa shape index (κ1) is 13.0. The highest BCUT2D eigenvalue weighted by atomic mass is 32.2. The van der Waals surface area contributed by atoms with Crippen molar-refractivity contribution in [2.75, 3.05) is 0 Å². The van der Waals surface area contributed by atoms with Crippen molar-refractivity contribution < 1.29 is 13.3 Å². The van der Waals surface area contributed by atoms with Crippen LogP contribution in [0.4, 0.5) is 0 Å². The van der Waals surface area contributed by atoms with Crippen LogP contribution in [0.15, 0.2) is 35.2 Å². The molecule has 2 rings (SSSR count). The summed E-state index contributed by atoms with van der Waals surface area (Å²) in [6, 6.07) is 7.72. The molecule has 0 N–H and O–H groups in total. The molecule has 98 valence electrons. The topological polar surface area (TPSA) is 77.3 Å². The minimum Gasteiger partial charge on any atom is -0.263 e. The molecule has 1 aliphatic carbocycles. The quantitative estimate of drug-likeness (QED) is 0.623. The Morgan fingerprint density at radius 1 is 1.06 bits per heavy atom. The van der Waals surface area contributed by atoms with Gasteiger partial charge < -0.3 is 0 Å². The Morgan fingerprint density at radius 2 is 1.61 bits per heavy atom. The van der Waals surface area contributed by atoms with Crippen molar-refractivity contribution in [3.8, 4) is 0 Å². The SMILES string of the molecule is O=[N+]([O-])C1(S(=O)(=O)c2ccccc2)CCCCC1. The van der Waals surface area contributed by atoms with Gasteiger partial charge >= 0.3 is 4.87 Å². The zero-order chi connectivity index (χ0) is 13.2. The maximum absolute atomic E-state index is 12.5. The molecule has 0 atom stereocenters. The van der Waals surface area contributed by atoms with E-state index in [-0.39, 0.29) is 17.7 Å². The summed E-state index contributed by atoms with van der Waals surface area (Å²) in [5.74, 6) is 0. The van der Waals surface area contributed by atoms with Crippen LogP contribution in [0, 0.1) is 10.1 Å². The molecule has 1 saturated carbocycles. The molecule has 1 aromatic carbocycles.